The van der Waals surface area contributed by atoms with Crippen LogP contribution in [-0.4, -0.2) is 45.2 Å². The Kier molecular flexibility index (Phi) is 6.01. The second kappa shape index (κ2) is 7.51. The Morgan fingerprint density at radius 2 is 2.16 bits per heavy atom. The summed E-state index contributed by atoms with van der Waals surface area (Å²) in [5.41, 5.74) is -2.29. The normalized spacial score (nSPS) is 23.0. The molecule has 1 aromatic carbocycles. The van der Waals surface area contributed by atoms with Crippen LogP contribution in [0.4, 0.5) is 13.2 Å². The van der Waals surface area contributed by atoms with E-state index < -0.39 is 28.7 Å². The number of rotatable bonds is 5. The Labute approximate surface area is 147 Å². The molecule has 2 N–H and O–H groups in total. The summed E-state index contributed by atoms with van der Waals surface area (Å²) in [6, 6.07) is 4.45. The second-order valence-corrected chi connectivity index (χ2v) is 7.90. The number of β-amino-alcohol motifs (C(OH)–C–C–N with tert-alkyl or cyclic N) is 1. The molecular weight excluding hydrogens is 355 g/mol. The van der Waals surface area contributed by atoms with Gasteiger partial charge in [-0.05, 0) is 24.6 Å². The molecule has 1 heterocycles. The van der Waals surface area contributed by atoms with E-state index in [1.54, 1.807) is 6.07 Å². The lowest BCUT2D eigenvalue weighted by atomic mass is 10.0. The second-order valence-electron chi connectivity index (χ2n) is 6.44. The van der Waals surface area contributed by atoms with Gasteiger partial charge < -0.3 is 15.0 Å². The van der Waals surface area contributed by atoms with Crippen LogP contribution in [0.2, 0.25) is 0 Å². The van der Waals surface area contributed by atoms with Crippen LogP contribution in [0, 0.1) is 11.3 Å². The van der Waals surface area contributed by atoms with Gasteiger partial charge in [0, 0.05) is 19.1 Å². The minimum atomic E-state index is -4.57. The van der Waals surface area contributed by atoms with Gasteiger partial charge in [0.05, 0.1) is 29.1 Å². The Hall–Kier alpha value is -1.31. The van der Waals surface area contributed by atoms with Gasteiger partial charge in [-0.1, -0.05) is 13.8 Å². The van der Waals surface area contributed by atoms with E-state index in [-0.39, 0.29) is 23.0 Å². The van der Waals surface area contributed by atoms with E-state index in [1.807, 2.05) is 13.8 Å². The van der Waals surface area contributed by atoms with Crippen molar-refractivity contribution in [2.24, 2.45) is 0 Å². The Bertz CT molecular complexity index is 663. The molecule has 0 spiro atoms. The first-order valence-corrected chi connectivity index (χ1v) is 8.90. The van der Waals surface area contributed by atoms with Crippen molar-refractivity contribution in [1.82, 2.24) is 9.62 Å². The highest BCUT2D eigenvalue weighted by Gasteiger charge is 2.43. The Morgan fingerprint density at radius 3 is 2.72 bits per heavy atom. The Balaban J connectivity index is 2.16. The highest BCUT2D eigenvalue weighted by atomic mass is 32.2. The fraction of sp³-hybridized carbons (Fsp3) is 0.562. The van der Waals surface area contributed by atoms with Crippen molar-refractivity contribution < 1.29 is 22.8 Å². The molecule has 138 valence electrons. The fourth-order valence-electron chi connectivity index (χ4n) is 2.58. The van der Waals surface area contributed by atoms with Gasteiger partial charge in [0.1, 0.15) is 11.6 Å². The molecule has 0 aliphatic carbocycles. The number of hydrogen-bond donors (Lipinski definition) is 2. The van der Waals surface area contributed by atoms with Crippen LogP contribution in [0.5, 0.6) is 0 Å². The maximum Gasteiger partial charge on any atom is 0.416 e. The minimum absolute atomic E-state index is 0.0246. The molecule has 0 radical (unpaired) electrons. The predicted octanol–water partition coefficient (Wildman–Crippen LogP) is 2.03. The quantitative estimate of drug-likeness (QED) is 0.770. The smallest absolute Gasteiger partial charge is 0.416 e. The Morgan fingerprint density at radius 1 is 1.48 bits per heavy atom. The summed E-state index contributed by atoms with van der Waals surface area (Å²) < 4.78 is 52.4. The number of benzene rings is 1. The number of aliphatic hydroxyl groups is 1. The van der Waals surface area contributed by atoms with Gasteiger partial charge in [0.2, 0.25) is 0 Å². The van der Waals surface area contributed by atoms with E-state index in [0.717, 1.165) is 12.1 Å². The standard InChI is InChI=1S/C16H20F3N3O2S/c1-11(2)21-9-15(23)5-6-22(10-15)25(24)14-4-3-13(16(17,18)19)7-12(14)8-20/h3-4,7,11,21,23H,5-6,9-10H2,1-2H3. The van der Waals surface area contributed by atoms with E-state index in [1.165, 1.54) is 4.31 Å². The first-order valence-electron chi connectivity index (χ1n) is 7.80. The van der Waals surface area contributed by atoms with Gasteiger partial charge in [0.25, 0.3) is 0 Å². The molecule has 0 aromatic heterocycles. The first kappa shape index (κ1) is 20.0. The average Bonchev–Trinajstić information content (AvgIpc) is 2.94. The lowest BCUT2D eigenvalue weighted by Gasteiger charge is -2.25. The van der Waals surface area contributed by atoms with E-state index in [9.17, 15) is 22.8 Å². The predicted molar refractivity (Wildman–Crippen MR) is 86.8 cm³/mol. The van der Waals surface area contributed by atoms with Crippen LogP contribution in [0.3, 0.4) is 0 Å². The molecule has 9 heteroatoms. The van der Waals surface area contributed by atoms with Crippen molar-refractivity contribution in [3.05, 3.63) is 29.3 Å². The molecule has 2 rings (SSSR count). The number of alkyl halides is 3. The molecular formula is C16H20F3N3O2S. The molecule has 1 aromatic rings. The molecule has 1 saturated heterocycles. The third-order valence-corrected chi connectivity index (χ3v) is 5.50. The fourth-order valence-corrected chi connectivity index (χ4v) is 3.95. The zero-order valence-electron chi connectivity index (χ0n) is 13.9. The number of hydrogen-bond acceptors (Lipinski definition) is 5. The SMILES string of the molecule is CC(C)NCC1(O)CCN([S+]([O-])c2ccc(C(F)(F)F)cc2C#N)C1. The zero-order valence-corrected chi connectivity index (χ0v) is 14.7. The maximum atomic E-state index is 12.8. The molecule has 2 atom stereocenters. The molecule has 1 fully saturated rings. The number of nitrogens with one attached hydrogen (secondary N) is 1. The van der Waals surface area contributed by atoms with Crippen molar-refractivity contribution in [3.8, 4) is 6.07 Å². The van der Waals surface area contributed by atoms with Crippen molar-refractivity contribution in [2.75, 3.05) is 19.6 Å². The highest BCUT2D eigenvalue weighted by Crippen LogP contribution is 2.33. The average molecular weight is 375 g/mol. The summed E-state index contributed by atoms with van der Waals surface area (Å²) >= 11 is -1.81. The van der Waals surface area contributed by atoms with Gasteiger partial charge >= 0.3 is 6.18 Å². The van der Waals surface area contributed by atoms with Crippen molar-refractivity contribution in [3.63, 3.8) is 0 Å². The van der Waals surface area contributed by atoms with Crippen LogP contribution in [-0.2, 0) is 17.5 Å². The van der Waals surface area contributed by atoms with Crippen LogP contribution in [0.1, 0.15) is 31.4 Å². The molecule has 1 aliphatic heterocycles. The summed E-state index contributed by atoms with van der Waals surface area (Å²) in [6.45, 7) is 4.65. The maximum absolute atomic E-state index is 12.8. The lowest BCUT2D eigenvalue weighted by molar-refractivity contribution is -0.137. The summed E-state index contributed by atoms with van der Waals surface area (Å²) in [7, 11) is 0. The topological polar surface area (TPSA) is 82.3 Å². The number of nitrogens with zero attached hydrogens (tertiary/aromatic N) is 2. The van der Waals surface area contributed by atoms with Gasteiger partial charge in [0.15, 0.2) is 4.90 Å². The largest absolute Gasteiger partial charge is 0.593 e. The van der Waals surface area contributed by atoms with Gasteiger partial charge in [-0.3, -0.25) is 0 Å². The van der Waals surface area contributed by atoms with Gasteiger partial charge in [-0.2, -0.15) is 18.4 Å². The van der Waals surface area contributed by atoms with Crippen LogP contribution in [0.25, 0.3) is 0 Å². The summed E-state index contributed by atoms with van der Waals surface area (Å²) in [4.78, 5) is 0.0246. The van der Waals surface area contributed by atoms with Crippen LogP contribution in [0.15, 0.2) is 23.1 Å². The van der Waals surface area contributed by atoms with Crippen LogP contribution >= 0.6 is 0 Å². The third kappa shape index (κ3) is 4.86. The molecule has 5 nitrogen and oxygen atoms in total. The summed E-state index contributed by atoms with van der Waals surface area (Å²) in [6.07, 6.45) is -4.18. The van der Waals surface area contributed by atoms with Gasteiger partial charge in [-0.15, -0.1) is 4.31 Å². The summed E-state index contributed by atoms with van der Waals surface area (Å²) in [5, 5.41) is 22.8. The number of halogens is 3. The molecule has 2 unspecified atom stereocenters. The van der Waals surface area contributed by atoms with Crippen molar-refractivity contribution >= 4 is 11.4 Å². The van der Waals surface area contributed by atoms with Crippen LogP contribution < -0.4 is 5.32 Å². The van der Waals surface area contributed by atoms with E-state index in [4.69, 9.17) is 5.26 Å². The highest BCUT2D eigenvalue weighted by molar-refractivity contribution is 7.89. The van der Waals surface area contributed by atoms with Crippen molar-refractivity contribution in [2.45, 2.75) is 43.0 Å². The third-order valence-electron chi connectivity index (χ3n) is 3.99. The number of nitriles is 1. The summed E-state index contributed by atoms with van der Waals surface area (Å²) in [5.74, 6) is 0. The first-order chi connectivity index (χ1) is 11.6. The lowest BCUT2D eigenvalue weighted by Crippen LogP contribution is -2.45. The molecule has 0 saturated carbocycles. The molecule has 0 amide bonds. The van der Waals surface area contributed by atoms with Gasteiger partial charge in [-0.25, -0.2) is 0 Å². The van der Waals surface area contributed by atoms with Crippen molar-refractivity contribution in [1.29, 1.82) is 5.26 Å². The van der Waals surface area contributed by atoms with E-state index >= 15 is 0 Å². The van der Waals surface area contributed by atoms with E-state index in [0.29, 0.717) is 25.6 Å². The zero-order chi connectivity index (χ0) is 18.8. The molecule has 25 heavy (non-hydrogen) atoms. The minimum Gasteiger partial charge on any atom is -0.593 e. The molecule has 1 aliphatic rings. The molecule has 0 bridgehead atoms. The van der Waals surface area contributed by atoms with E-state index in [2.05, 4.69) is 5.32 Å². The monoisotopic (exact) mass is 375 g/mol.